The number of allylic oxidation sites excluding steroid dienone is 6. The quantitative estimate of drug-likeness (QED) is 0.701. The predicted octanol–water partition coefficient (Wildman–Crippen LogP) is 5.34. The predicted molar refractivity (Wildman–Crippen MR) is 116 cm³/mol. The van der Waals surface area contributed by atoms with E-state index in [1.807, 2.05) is 0 Å². The fraction of sp³-hybridized carbons (Fsp3) is 0.259. The summed E-state index contributed by atoms with van der Waals surface area (Å²) >= 11 is 0. The lowest BCUT2D eigenvalue weighted by molar-refractivity contribution is 0.927. The molecule has 2 atom stereocenters. The topological polar surface area (TPSA) is 0 Å². The van der Waals surface area contributed by atoms with Gasteiger partial charge >= 0.3 is 0 Å². The van der Waals surface area contributed by atoms with Crippen LogP contribution in [0.1, 0.15) is 47.9 Å². The molecule has 0 aliphatic heterocycles. The van der Waals surface area contributed by atoms with Crippen LogP contribution in [0, 0.1) is 19.8 Å². The van der Waals surface area contributed by atoms with E-state index in [1.54, 1.807) is 11.1 Å². The third kappa shape index (κ3) is 2.51. The Kier molecular flexibility index (Phi) is 3.82. The molecular weight excluding hydrogens is 324 g/mol. The maximum atomic E-state index is 2.47. The van der Waals surface area contributed by atoms with Gasteiger partial charge in [0.15, 0.2) is 0 Å². The first-order valence-corrected chi connectivity index (χ1v) is 10.1. The molecule has 0 fully saturated rings. The molecule has 0 saturated heterocycles. The molecule has 0 saturated carbocycles. The number of rotatable bonds is 3. The molecular formula is C27H26. The van der Waals surface area contributed by atoms with E-state index in [1.165, 1.54) is 38.3 Å². The highest BCUT2D eigenvalue weighted by atomic mass is 14.3. The van der Waals surface area contributed by atoms with E-state index in [0.717, 1.165) is 12.8 Å². The maximum Gasteiger partial charge on any atom is 0.0281 e. The third-order valence-electron chi connectivity index (χ3n) is 6.60. The van der Waals surface area contributed by atoms with Gasteiger partial charge in [-0.1, -0.05) is 79.3 Å². The molecule has 27 heavy (non-hydrogen) atoms. The Labute approximate surface area is 161 Å². The summed E-state index contributed by atoms with van der Waals surface area (Å²) < 4.78 is 0. The van der Waals surface area contributed by atoms with E-state index in [2.05, 4.69) is 87.5 Å². The average molecular weight is 351 g/mol. The number of benzene rings is 2. The largest absolute Gasteiger partial charge is 0.0726 e. The minimum absolute atomic E-state index is 0.454. The molecule has 0 amide bonds. The minimum Gasteiger partial charge on any atom is -0.0726 e. The molecule has 0 nitrogen and oxygen atoms in total. The Hall–Kier alpha value is -2.60. The van der Waals surface area contributed by atoms with Gasteiger partial charge in [0.05, 0.1) is 0 Å². The van der Waals surface area contributed by atoms with Gasteiger partial charge in [-0.3, -0.25) is 0 Å². The normalized spacial score (nSPS) is 22.0. The molecule has 0 N–H and O–H groups in total. The van der Waals surface area contributed by atoms with Crippen LogP contribution in [0.5, 0.6) is 0 Å². The molecule has 2 unspecified atom stereocenters. The van der Waals surface area contributed by atoms with Crippen LogP contribution >= 0.6 is 0 Å². The van der Waals surface area contributed by atoms with Gasteiger partial charge in [-0.25, -0.2) is 0 Å². The Balaban J connectivity index is 1.57. The van der Waals surface area contributed by atoms with Crippen molar-refractivity contribution in [2.24, 2.45) is 5.92 Å². The van der Waals surface area contributed by atoms with Crippen molar-refractivity contribution in [2.45, 2.75) is 39.5 Å². The van der Waals surface area contributed by atoms with E-state index in [4.69, 9.17) is 0 Å². The van der Waals surface area contributed by atoms with Crippen molar-refractivity contribution in [1.82, 2.24) is 0 Å². The fourth-order valence-electron chi connectivity index (χ4n) is 5.24. The van der Waals surface area contributed by atoms with Crippen molar-refractivity contribution in [3.8, 4) is 0 Å². The highest BCUT2D eigenvalue weighted by molar-refractivity contribution is 5.83. The number of aryl methyl sites for hydroxylation is 2. The standard InChI is InChI=1S/C27H26/c1-17-12-13-18(2)27-20(19(3)16-26(17)27)14-15-25-23-10-6-4-8-21(23)22-9-5-7-11-24(22)25/h4-13,16,19,21H,14-15H2,1-3H3. The van der Waals surface area contributed by atoms with Crippen molar-refractivity contribution in [2.75, 3.05) is 0 Å². The van der Waals surface area contributed by atoms with Crippen LogP contribution in [0.3, 0.4) is 0 Å². The van der Waals surface area contributed by atoms with Crippen LogP contribution in [0.2, 0.25) is 0 Å². The van der Waals surface area contributed by atoms with Gasteiger partial charge in [-0.05, 0) is 76.4 Å². The second-order valence-electron chi connectivity index (χ2n) is 8.21. The van der Waals surface area contributed by atoms with E-state index in [0.29, 0.717) is 11.8 Å². The number of hydrogen-bond acceptors (Lipinski definition) is 0. The third-order valence-corrected chi connectivity index (χ3v) is 6.60. The van der Waals surface area contributed by atoms with Gasteiger partial charge in [-0.2, -0.15) is 0 Å². The molecule has 134 valence electrons. The fourth-order valence-corrected chi connectivity index (χ4v) is 5.24. The smallest absolute Gasteiger partial charge is 0.0281 e. The maximum absolute atomic E-state index is 2.47. The monoisotopic (exact) mass is 350 g/mol. The van der Waals surface area contributed by atoms with Crippen molar-refractivity contribution >= 4 is 17.2 Å². The molecule has 0 heteroatoms. The molecule has 5 rings (SSSR count). The molecule has 0 aromatic heterocycles. The van der Waals surface area contributed by atoms with E-state index in [-0.39, 0.29) is 0 Å². The average Bonchev–Trinajstić information content (AvgIpc) is 3.19. The summed E-state index contributed by atoms with van der Waals surface area (Å²) in [7, 11) is 0. The summed E-state index contributed by atoms with van der Waals surface area (Å²) in [6, 6.07) is 13.5. The number of fused-ring (bicyclic) bond motifs is 4. The molecule has 0 heterocycles. The molecule has 0 spiro atoms. The van der Waals surface area contributed by atoms with Gasteiger partial charge in [0.25, 0.3) is 0 Å². The van der Waals surface area contributed by atoms with Gasteiger partial charge < -0.3 is 0 Å². The second-order valence-corrected chi connectivity index (χ2v) is 8.21. The van der Waals surface area contributed by atoms with Gasteiger partial charge in [0.2, 0.25) is 0 Å². The lowest BCUT2D eigenvalue weighted by Crippen LogP contribution is -2.28. The van der Waals surface area contributed by atoms with Crippen molar-refractivity contribution in [1.29, 1.82) is 0 Å². The van der Waals surface area contributed by atoms with Gasteiger partial charge in [-0.15, -0.1) is 0 Å². The summed E-state index contributed by atoms with van der Waals surface area (Å²) in [5.74, 6) is 0.995. The Morgan fingerprint density at radius 3 is 2.59 bits per heavy atom. The summed E-state index contributed by atoms with van der Waals surface area (Å²) in [5.41, 5.74) is 10.5. The van der Waals surface area contributed by atoms with Crippen molar-refractivity contribution in [3.05, 3.63) is 99.0 Å². The summed E-state index contributed by atoms with van der Waals surface area (Å²) in [6.45, 7) is 6.87. The molecule has 2 aromatic carbocycles. The highest BCUT2D eigenvalue weighted by Crippen LogP contribution is 2.46. The lowest BCUT2D eigenvalue weighted by atomic mass is 9.90. The van der Waals surface area contributed by atoms with Gasteiger partial charge in [0, 0.05) is 5.92 Å². The molecule has 2 aromatic rings. The first-order chi connectivity index (χ1) is 13.1. The van der Waals surface area contributed by atoms with Crippen molar-refractivity contribution in [3.63, 3.8) is 0 Å². The Bertz CT molecular complexity index is 1150. The summed E-state index contributed by atoms with van der Waals surface area (Å²) in [5, 5.41) is 3.00. The Morgan fingerprint density at radius 2 is 1.70 bits per heavy atom. The van der Waals surface area contributed by atoms with E-state index in [9.17, 15) is 0 Å². The van der Waals surface area contributed by atoms with E-state index >= 15 is 0 Å². The highest BCUT2D eigenvalue weighted by Gasteiger charge is 2.29. The molecule has 0 bridgehead atoms. The first kappa shape index (κ1) is 16.6. The minimum atomic E-state index is 0.454. The van der Waals surface area contributed by atoms with Crippen LogP contribution in [-0.4, -0.2) is 0 Å². The SMILES string of the molecule is Cc1ccc(C)c2c1=CC(C)C=2CCC1=C2C=CC=CC2c2ccccc21. The van der Waals surface area contributed by atoms with Crippen LogP contribution in [0.4, 0.5) is 0 Å². The zero-order valence-electron chi connectivity index (χ0n) is 16.4. The second kappa shape index (κ2) is 6.23. The molecule has 3 aliphatic carbocycles. The lowest BCUT2D eigenvalue weighted by Gasteiger charge is -2.14. The zero-order valence-corrected chi connectivity index (χ0v) is 16.4. The molecule has 0 radical (unpaired) electrons. The van der Waals surface area contributed by atoms with Gasteiger partial charge in [0.1, 0.15) is 0 Å². The molecule has 3 aliphatic rings. The Morgan fingerprint density at radius 1 is 0.889 bits per heavy atom. The van der Waals surface area contributed by atoms with Crippen LogP contribution in [0.15, 0.2) is 66.3 Å². The van der Waals surface area contributed by atoms with Crippen LogP contribution in [0.25, 0.3) is 17.2 Å². The van der Waals surface area contributed by atoms with E-state index < -0.39 is 0 Å². The number of hydrogen-bond donors (Lipinski definition) is 0. The van der Waals surface area contributed by atoms with Crippen molar-refractivity contribution < 1.29 is 0 Å². The summed E-state index contributed by atoms with van der Waals surface area (Å²) in [6.07, 6.45) is 13.8. The van der Waals surface area contributed by atoms with Crippen LogP contribution < -0.4 is 10.4 Å². The first-order valence-electron chi connectivity index (χ1n) is 10.1. The summed E-state index contributed by atoms with van der Waals surface area (Å²) in [4.78, 5) is 0. The van der Waals surface area contributed by atoms with Crippen LogP contribution in [-0.2, 0) is 0 Å². The zero-order chi connectivity index (χ0) is 18.5.